The number of carbonyl (C=O) groups is 1. The highest BCUT2D eigenvalue weighted by Crippen LogP contribution is 1.91. The summed E-state index contributed by atoms with van der Waals surface area (Å²) in [6.45, 7) is 1.50. The van der Waals surface area contributed by atoms with Crippen LogP contribution in [0.15, 0.2) is 0 Å². The first-order valence-electron chi connectivity index (χ1n) is 4.98. The van der Waals surface area contributed by atoms with Gasteiger partial charge in [-0.05, 0) is 22.7 Å². The second-order valence-corrected chi connectivity index (χ2v) is 4.84. The smallest absolute Gasteiger partial charge is 0.325 e. The van der Waals surface area contributed by atoms with Crippen molar-refractivity contribution in [1.29, 1.82) is 0 Å². The molecule has 0 aliphatic heterocycles. The third-order valence-corrected chi connectivity index (χ3v) is 2.76. The molecule has 0 aromatic rings. The van der Waals surface area contributed by atoms with Crippen molar-refractivity contribution in [3.8, 4) is 32.9 Å². The van der Waals surface area contributed by atoms with E-state index >= 15 is 0 Å². The average Bonchev–Trinajstić information content (AvgIpc) is 2.36. The molecule has 6 nitrogen and oxygen atoms in total. The third kappa shape index (κ3) is 8.46. The molecule has 0 aliphatic carbocycles. The predicted octanol–water partition coefficient (Wildman–Crippen LogP) is -0.844. The van der Waals surface area contributed by atoms with Crippen molar-refractivity contribution < 1.29 is 17.9 Å². The number of nitrogens with two attached hydrogens (primary N) is 1. The predicted molar refractivity (Wildman–Crippen MR) is 78.9 cm³/mol. The maximum absolute atomic E-state index is 11.5. The van der Waals surface area contributed by atoms with Gasteiger partial charge >= 0.3 is 5.97 Å². The van der Waals surface area contributed by atoms with E-state index in [4.69, 9.17) is 5.73 Å². The van der Waals surface area contributed by atoms with Gasteiger partial charge in [-0.15, -0.1) is 0 Å². The van der Waals surface area contributed by atoms with Gasteiger partial charge in [0.25, 0.3) is 10.0 Å². The molecule has 19 heavy (non-hydrogen) atoms. The number of esters is 1. The number of hydrogen-bond donors (Lipinski definition) is 2. The Hall–Kier alpha value is -1.25. The lowest BCUT2D eigenvalue weighted by atomic mass is 10.3. The van der Waals surface area contributed by atoms with E-state index < -0.39 is 22.0 Å². The lowest BCUT2D eigenvalue weighted by molar-refractivity contribution is -0.144. The van der Waals surface area contributed by atoms with E-state index in [2.05, 4.69) is 32.3 Å². The summed E-state index contributed by atoms with van der Waals surface area (Å²) in [5.41, 5.74) is 5.28. The Bertz CT molecular complexity index is 596. The summed E-state index contributed by atoms with van der Waals surface area (Å²) in [4.78, 5) is 11.3. The van der Waals surface area contributed by atoms with Crippen molar-refractivity contribution in [2.75, 3.05) is 13.2 Å². The van der Waals surface area contributed by atoms with Crippen LogP contribution in [0.1, 0.15) is 6.92 Å². The van der Waals surface area contributed by atoms with Crippen LogP contribution in [0.5, 0.6) is 0 Å². The lowest BCUT2D eigenvalue weighted by Crippen LogP contribution is -2.46. The van der Waals surface area contributed by atoms with Crippen molar-refractivity contribution in [3.63, 3.8) is 0 Å². The monoisotopic (exact) mass is 394 g/mol. The van der Waals surface area contributed by atoms with E-state index in [1.165, 1.54) is 0 Å². The van der Waals surface area contributed by atoms with Crippen molar-refractivity contribution in [1.82, 2.24) is 4.72 Å². The van der Waals surface area contributed by atoms with E-state index in [9.17, 15) is 13.2 Å². The zero-order valence-electron chi connectivity index (χ0n) is 9.99. The van der Waals surface area contributed by atoms with Gasteiger partial charge < -0.3 is 10.5 Å². The van der Waals surface area contributed by atoms with Crippen LogP contribution >= 0.6 is 22.6 Å². The highest BCUT2D eigenvalue weighted by atomic mass is 127. The molecule has 0 amide bonds. The molecular formula is C11H11IN2O4S. The Morgan fingerprint density at radius 3 is 2.53 bits per heavy atom. The molecule has 0 rings (SSSR count). The number of hydrogen-bond acceptors (Lipinski definition) is 5. The maximum Gasteiger partial charge on any atom is 0.325 e. The molecule has 0 saturated carbocycles. The molecule has 102 valence electrons. The van der Waals surface area contributed by atoms with Crippen LogP contribution in [0, 0.1) is 32.9 Å². The van der Waals surface area contributed by atoms with Crippen LogP contribution in [-0.4, -0.2) is 33.6 Å². The van der Waals surface area contributed by atoms with E-state index in [0.717, 1.165) is 0 Å². The summed E-state index contributed by atoms with van der Waals surface area (Å²) >= 11 is 1.78. The lowest BCUT2D eigenvalue weighted by Gasteiger charge is -2.12. The van der Waals surface area contributed by atoms with Crippen LogP contribution in [0.4, 0.5) is 0 Å². The molecule has 0 heterocycles. The van der Waals surface area contributed by atoms with Gasteiger partial charge in [0.1, 0.15) is 6.04 Å². The van der Waals surface area contributed by atoms with Gasteiger partial charge in [0, 0.05) is 41.0 Å². The number of halogens is 1. The molecule has 0 spiro atoms. The molecule has 1 atom stereocenters. The normalized spacial score (nSPS) is 10.7. The summed E-state index contributed by atoms with van der Waals surface area (Å²) in [6, 6.07) is -1.17. The topological polar surface area (TPSA) is 98.5 Å². The van der Waals surface area contributed by atoms with Crippen molar-refractivity contribution >= 4 is 38.6 Å². The average molecular weight is 394 g/mol. The molecule has 0 bridgehead atoms. The molecule has 0 aliphatic rings. The number of nitrogens with one attached hydrogen (secondary N) is 1. The van der Waals surface area contributed by atoms with Gasteiger partial charge in [-0.25, -0.2) is 0 Å². The zero-order valence-corrected chi connectivity index (χ0v) is 13.0. The summed E-state index contributed by atoms with van der Waals surface area (Å²) in [6.07, 6.45) is 0. The van der Waals surface area contributed by atoms with E-state index in [1.807, 2.05) is 9.97 Å². The van der Waals surface area contributed by atoms with Crippen LogP contribution in [0.2, 0.25) is 0 Å². The Labute approximate surface area is 126 Å². The van der Waals surface area contributed by atoms with Gasteiger partial charge in [-0.3, -0.25) is 4.79 Å². The number of sulfonamides is 1. The molecule has 0 fully saturated rings. The van der Waals surface area contributed by atoms with Crippen LogP contribution in [-0.2, 0) is 19.6 Å². The fourth-order valence-electron chi connectivity index (χ4n) is 0.831. The minimum atomic E-state index is -3.99. The van der Waals surface area contributed by atoms with Crippen molar-refractivity contribution in [2.24, 2.45) is 5.73 Å². The molecule has 0 radical (unpaired) electrons. The fourth-order valence-corrected chi connectivity index (χ4v) is 1.78. The molecule has 3 N–H and O–H groups in total. The van der Waals surface area contributed by atoms with Crippen LogP contribution in [0.3, 0.4) is 0 Å². The number of ether oxygens (including phenoxy) is 1. The highest BCUT2D eigenvalue weighted by Gasteiger charge is 2.22. The van der Waals surface area contributed by atoms with Gasteiger partial charge in [-0.2, -0.15) is 13.1 Å². The summed E-state index contributed by atoms with van der Waals surface area (Å²) in [5, 5.41) is 1.88. The standard InChI is InChI=1S/C11H11IN2O4S/c1-2-18-11(15)10(9-13)14-19(16,17)8-6-4-3-5-7-12/h10,14H,2,9,13H2,1H3. The fraction of sp³-hybridized carbons (Fsp3) is 0.364. The van der Waals surface area contributed by atoms with Gasteiger partial charge in [0.05, 0.1) is 11.9 Å². The van der Waals surface area contributed by atoms with Gasteiger partial charge in [0.15, 0.2) is 0 Å². The first-order valence-corrected chi connectivity index (χ1v) is 7.54. The van der Waals surface area contributed by atoms with E-state index in [1.54, 1.807) is 29.5 Å². The summed E-state index contributed by atoms with van der Waals surface area (Å²) in [7, 11) is -3.99. The van der Waals surface area contributed by atoms with E-state index in [-0.39, 0.29) is 13.2 Å². The van der Waals surface area contributed by atoms with Gasteiger partial charge in [0.2, 0.25) is 0 Å². The quantitative estimate of drug-likeness (QED) is 0.360. The highest BCUT2D eigenvalue weighted by molar-refractivity contribution is 14.1. The second-order valence-electron chi connectivity index (χ2n) is 2.86. The Kier molecular flexibility index (Phi) is 9.02. The number of rotatable bonds is 5. The Morgan fingerprint density at radius 1 is 1.37 bits per heavy atom. The van der Waals surface area contributed by atoms with Crippen molar-refractivity contribution in [3.05, 3.63) is 0 Å². The second kappa shape index (κ2) is 9.65. The number of carbonyl (C=O) groups excluding carboxylic acids is 1. The summed E-state index contributed by atoms with van der Waals surface area (Å²) < 4.78 is 32.1. The van der Waals surface area contributed by atoms with Crippen molar-refractivity contribution in [2.45, 2.75) is 13.0 Å². The first kappa shape index (κ1) is 17.8. The van der Waals surface area contributed by atoms with Crippen LogP contribution < -0.4 is 10.5 Å². The molecule has 8 heteroatoms. The minimum Gasteiger partial charge on any atom is -0.465 e. The maximum atomic E-state index is 11.5. The van der Waals surface area contributed by atoms with E-state index in [0.29, 0.717) is 0 Å². The zero-order chi connectivity index (χ0) is 14.7. The van der Waals surface area contributed by atoms with Gasteiger partial charge in [-0.1, -0.05) is 0 Å². The SMILES string of the molecule is CCOC(=O)C(CN)NS(=O)(=O)C#CC#CC#CI. The molecule has 0 saturated heterocycles. The molecule has 1 unspecified atom stereocenters. The molecule has 0 aromatic carbocycles. The van der Waals surface area contributed by atoms with Crippen LogP contribution in [0.25, 0.3) is 0 Å². The minimum absolute atomic E-state index is 0.128. The Balaban J connectivity index is 4.79. The molecular weight excluding hydrogens is 383 g/mol. The first-order chi connectivity index (χ1) is 8.96. The largest absolute Gasteiger partial charge is 0.465 e. The Morgan fingerprint density at radius 2 is 2.00 bits per heavy atom. The summed E-state index contributed by atoms with van der Waals surface area (Å²) in [5.74, 6) is 8.28. The third-order valence-electron chi connectivity index (χ3n) is 1.52. The molecule has 0 aromatic heterocycles.